The predicted octanol–water partition coefficient (Wildman–Crippen LogP) is 5.20. The number of phenols is 3. The summed E-state index contributed by atoms with van der Waals surface area (Å²) in [5.74, 6) is -0.0769. The van der Waals surface area contributed by atoms with Crippen LogP contribution >= 0.6 is 0 Å². The second kappa shape index (κ2) is 9.82. The second-order valence-corrected chi connectivity index (χ2v) is 9.74. The summed E-state index contributed by atoms with van der Waals surface area (Å²) < 4.78 is 0.0405. The average Bonchev–Trinajstić information content (AvgIpc) is 2.77. The van der Waals surface area contributed by atoms with Gasteiger partial charge >= 0.3 is 0 Å². The zero-order chi connectivity index (χ0) is 26.9. The number of rotatable bonds is 8. The maximum Gasteiger partial charge on any atom is 0.270 e. The molecule has 0 amide bonds. The standard InChI is InChI=1S/C26H29N3O7/c1-15-6-16(2)24(30)19(7-15)12-29(5,13-20-10-22(27(33)34)8-17(3)25(20)31)14-21-11-23(28(35)36)9-18(4)26(21)32/h6-11H,12-14H2,1-5H3,(H2-,30,31,32)/p+1. The monoisotopic (exact) mass is 496 g/mol. The van der Waals surface area contributed by atoms with E-state index in [0.717, 1.165) is 5.56 Å². The predicted molar refractivity (Wildman–Crippen MR) is 134 cm³/mol. The Bertz CT molecular complexity index is 1300. The van der Waals surface area contributed by atoms with Gasteiger partial charge in [0, 0.05) is 29.8 Å². The lowest BCUT2D eigenvalue weighted by molar-refractivity contribution is -0.948. The van der Waals surface area contributed by atoms with Crippen molar-refractivity contribution >= 4 is 11.4 Å². The Morgan fingerprint density at radius 2 is 0.972 bits per heavy atom. The van der Waals surface area contributed by atoms with Gasteiger partial charge in [-0.05, 0) is 50.5 Å². The molecule has 190 valence electrons. The maximum atomic E-state index is 11.5. The van der Waals surface area contributed by atoms with E-state index in [-0.39, 0.29) is 52.7 Å². The molecule has 3 N–H and O–H groups in total. The third-order valence-electron chi connectivity index (χ3n) is 6.33. The lowest BCUT2D eigenvalue weighted by atomic mass is 10.0. The van der Waals surface area contributed by atoms with Crippen LogP contribution in [0.3, 0.4) is 0 Å². The summed E-state index contributed by atoms with van der Waals surface area (Å²) in [6, 6.07) is 8.85. The smallest absolute Gasteiger partial charge is 0.270 e. The molecule has 0 fully saturated rings. The number of nitro benzene ring substituents is 2. The van der Waals surface area contributed by atoms with E-state index in [1.807, 2.05) is 19.1 Å². The van der Waals surface area contributed by atoms with Gasteiger partial charge < -0.3 is 19.8 Å². The minimum atomic E-state index is -0.536. The normalized spacial score (nSPS) is 11.5. The number of benzene rings is 3. The van der Waals surface area contributed by atoms with Gasteiger partial charge in [0.25, 0.3) is 11.4 Å². The molecule has 10 heteroatoms. The Labute approximate surface area is 208 Å². The SMILES string of the molecule is Cc1cc(C)c(O)c(C[N+](C)(Cc2cc([N+](=O)[O-])cc(C)c2O)Cc2cc([N+](=O)[O-])cc(C)c2O)c1. The number of quaternary nitrogens is 1. The van der Waals surface area contributed by atoms with Crippen LogP contribution in [0.4, 0.5) is 11.4 Å². The first-order valence-electron chi connectivity index (χ1n) is 11.3. The fourth-order valence-corrected chi connectivity index (χ4v) is 4.69. The molecule has 0 aliphatic rings. The summed E-state index contributed by atoms with van der Waals surface area (Å²) in [6.45, 7) is 7.21. The van der Waals surface area contributed by atoms with Crippen LogP contribution in [0.2, 0.25) is 0 Å². The number of aromatic hydroxyl groups is 3. The zero-order valence-corrected chi connectivity index (χ0v) is 20.9. The Balaban J connectivity index is 2.17. The molecule has 36 heavy (non-hydrogen) atoms. The molecule has 0 heterocycles. The van der Waals surface area contributed by atoms with Crippen molar-refractivity contribution in [3.63, 3.8) is 0 Å². The van der Waals surface area contributed by atoms with Crippen LogP contribution in [0.25, 0.3) is 0 Å². The Morgan fingerprint density at radius 1 is 0.639 bits per heavy atom. The molecule has 3 aromatic rings. The molecule has 3 rings (SSSR count). The van der Waals surface area contributed by atoms with E-state index in [4.69, 9.17) is 0 Å². The molecule has 0 saturated heterocycles. The molecule has 0 aliphatic heterocycles. The van der Waals surface area contributed by atoms with Gasteiger partial charge in [0.05, 0.1) is 28.0 Å². The third-order valence-corrected chi connectivity index (χ3v) is 6.33. The van der Waals surface area contributed by atoms with E-state index in [2.05, 4.69) is 0 Å². The minimum absolute atomic E-state index is 0.0405. The second-order valence-electron chi connectivity index (χ2n) is 9.74. The van der Waals surface area contributed by atoms with Crippen molar-refractivity contribution in [3.05, 3.63) is 95.6 Å². The molecule has 0 aliphatic carbocycles. The van der Waals surface area contributed by atoms with Crippen LogP contribution in [0.5, 0.6) is 17.2 Å². The number of aryl methyl sites for hydroxylation is 4. The van der Waals surface area contributed by atoms with Crippen molar-refractivity contribution in [1.82, 2.24) is 0 Å². The lowest BCUT2D eigenvalue weighted by Gasteiger charge is -2.36. The van der Waals surface area contributed by atoms with E-state index in [9.17, 15) is 35.5 Å². The van der Waals surface area contributed by atoms with E-state index in [0.29, 0.717) is 33.4 Å². The lowest BCUT2D eigenvalue weighted by Crippen LogP contribution is -2.42. The highest BCUT2D eigenvalue weighted by Crippen LogP contribution is 2.36. The van der Waals surface area contributed by atoms with E-state index in [1.165, 1.54) is 24.3 Å². The van der Waals surface area contributed by atoms with Gasteiger partial charge in [-0.25, -0.2) is 0 Å². The molecule has 0 unspecified atom stereocenters. The third kappa shape index (κ3) is 5.55. The van der Waals surface area contributed by atoms with Crippen LogP contribution in [0, 0.1) is 47.9 Å². The van der Waals surface area contributed by atoms with E-state index in [1.54, 1.807) is 27.8 Å². The van der Waals surface area contributed by atoms with Gasteiger partial charge in [-0.1, -0.05) is 11.6 Å². The highest BCUT2D eigenvalue weighted by atomic mass is 16.6. The molecular formula is C26H30N3O7+. The van der Waals surface area contributed by atoms with Crippen molar-refractivity contribution in [1.29, 1.82) is 0 Å². The molecule has 0 spiro atoms. The Morgan fingerprint density at radius 3 is 1.33 bits per heavy atom. The highest BCUT2D eigenvalue weighted by molar-refractivity contribution is 5.50. The molecule has 0 atom stereocenters. The Hall–Kier alpha value is -4.18. The van der Waals surface area contributed by atoms with Crippen LogP contribution in [-0.2, 0) is 19.6 Å². The van der Waals surface area contributed by atoms with Crippen molar-refractivity contribution in [2.45, 2.75) is 47.3 Å². The number of non-ortho nitro benzene ring substituents is 2. The van der Waals surface area contributed by atoms with E-state index < -0.39 is 9.85 Å². The minimum Gasteiger partial charge on any atom is -0.507 e. The number of nitro groups is 2. The van der Waals surface area contributed by atoms with Gasteiger partial charge in [-0.15, -0.1) is 0 Å². The average molecular weight is 497 g/mol. The van der Waals surface area contributed by atoms with Crippen LogP contribution in [-0.4, -0.2) is 36.7 Å². The van der Waals surface area contributed by atoms with Gasteiger partial charge in [-0.3, -0.25) is 20.2 Å². The van der Waals surface area contributed by atoms with Gasteiger partial charge in [-0.2, -0.15) is 0 Å². The number of phenolic OH excluding ortho intramolecular Hbond substituents is 3. The molecule has 0 aromatic heterocycles. The molecule has 10 nitrogen and oxygen atoms in total. The van der Waals surface area contributed by atoms with E-state index >= 15 is 0 Å². The summed E-state index contributed by atoms with van der Waals surface area (Å²) >= 11 is 0. The molecule has 0 bridgehead atoms. The van der Waals surface area contributed by atoms with Gasteiger partial charge in [0.2, 0.25) is 0 Å². The maximum absolute atomic E-state index is 11.5. The fourth-order valence-electron chi connectivity index (χ4n) is 4.69. The first-order valence-corrected chi connectivity index (χ1v) is 11.3. The highest BCUT2D eigenvalue weighted by Gasteiger charge is 2.31. The molecule has 3 aromatic carbocycles. The van der Waals surface area contributed by atoms with Crippen molar-refractivity contribution in [3.8, 4) is 17.2 Å². The largest absolute Gasteiger partial charge is 0.507 e. The molecule has 0 radical (unpaired) electrons. The summed E-state index contributed by atoms with van der Waals surface area (Å²) in [4.78, 5) is 21.8. The number of hydrogen-bond acceptors (Lipinski definition) is 7. The summed E-state index contributed by atoms with van der Waals surface area (Å²) in [5, 5.41) is 55.1. The van der Waals surface area contributed by atoms with Crippen molar-refractivity contribution < 1.29 is 29.6 Å². The topological polar surface area (TPSA) is 147 Å². The zero-order valence-electron chi connectivity index (χ0n) is 20.9. The van der Waals surface area contributed by atoms with Crippen LogP contribution in [0.15, 0.2) is 36.4 Å². The fraction of sp³-hybridized carbons (Fsp3) is 0.308. The summed E-state index contributed by atoms with van der Waals surface area (Å²) in [6.07, 6.45) is 0. The Kier molecular flexibility index (Phi) is 7.21. The quantitative estimate of drug-likeness (QED) is 0.221. The van der Waals surface area contributed by atoms with Gasteiger partial charge in [0.15, 0.2) is 0 Å². The summed E-state index contributed by atoms with van der Waals surface area (Å²) in [5.41, 5.74) is 3.19. The van der Waals surface area contributed by atoms with Crippen molar-refractivity contribution in [2.75, 3.05) is 7.05 Å². The van der Waals surface area contributed by atoms with Crippen molar-refractivity contribution in [2.24, 2.45) is 0 Å². The number of hydrogen-bond donors (Lipinski definition) is 3. The van der Waals surface area contributed by atoms with Gasteiger partial charge in [0.1, 0.15) is 36.9 Å². The molecular weight excluding hydrogens is 466 g/mol. The summed E-state index contributed by atoms with van der Waals surface area (Å²) in [7, 11) is 1.80. The first-order chi connectivity index (χ1) is 16.7. The van der Waals surface area contributed by atoms with Crippen LogP contribution < -0.4 is 0 Å². The van der Waals surface area contributed by atoms with Crippen LogP contribution in [0.1, 0.15) is 38.9 Å². The number of nitrogens with zero attached hydrogens (tertiary/aromatic N) is 3. The molecule has 0 saturated carbocycles. The first kappa shape index (κ1) is 26.4.